The predicted molar refractivity (Wildman–Crippen MR) is 76.4 cm³/mol. The quantitative estimate of drug-likeness (QED) is 0.852. The Kier molecular flexibility index (Phi) is 3.42. The summed E-state index contributed by atoms with van der Waals surface area (Å²) in [6.07, 6.45) is 1.36. The van der Waals surface area contributed by atoms with Gasteiger partial charge in [-0.3, -0.25) is 4.79 Å². The number of methoxy groups -OCH3 is 1. The van der Waals surface area contributed by atoms with Crippen molar-refractivity contribution in [3.63, 3.8) is 0 Å². The SMILES string of the molecule is COc1ccccc1COc1cccc2c1CCC2=O. The molecule has 0 heterocycles. The second-order valence-electron chi connectivity index (χ2n) is 4.81. The lowest BCUT2D eigenvalue weighted by Gasteiger charge is -2.12. The molecule has 0 N–H and O–H groups in total. The van der Waals surface area contributed by atoms with Crippen molar-refractivity contribution in [2.75, 3.05) is 7.11 Å². The molecule has 20 heavy (non-hydrogen) atoms. The third kappa shape index (κ3) is 2.27. The highest BCUT2D eigenvalue weighted by Crippen LogP contribution is 2.31. The maximum atomic E-state index is 11.7. The monoisotopic (exact) mass is 268 g/mol. The van der Waals surface area contributed by atoms with Gasteiger partial charge in [0.1, 0.15) is 18.1 Å². The Morgan fingerprint density at radius 2 is 1.80 bits per heavy atom. The van der Waals surface area contributed by atoms with Crippen molar-refractivity contribution in [3.8, 4) is 11.5 Å². The lowest BCUT2D eigenvalue weighted by molar-refractivity contribution is 0.0994. The van der Waals surface area contributed by atoms with Crippen molar-refractivity contribution in [2.24, 2.45) is 0 Å². The molecule has 0 bridgehead atoms. The number of rotatable bonds is 4. The Bertz CT molecular complexity index is 646. The Morgan fingerprint density at radius 3 is 2.65 bits per heavy atom. The second-order valence-corrected chi connectivity index (χ2v) is 4.81. The molecule has 1 aliphatic rings. The maximum Gasteiger partial charge on any atom is 0.163 e. The van der Waals surface area contributed by atoms with Crippen LogP contribution in [0.1, 0.15) is 27.9 Å². The van der Waals surface area contributed by atoms with Gasteiger partial charge in [0.2, 0.25) is 0 Å². The number of Topliss-reactive ketones (excluding diaryl/α,β-unsaturated/α-hetero) is 1. The molecule has 1 aliphatic carbocycles. The summed E-state index contributed by atoms with van der Waals surface area (Å²) in [4.78, 5) is 11.7. The van der Waals surface area contributed by atoms with E-state index in [4.69, 9.17) is 9.47 Å². The van der Waals surface area contributed by atoms with Gasteiger partial charge in [-0.1, -0.05) is 30.3 Å². The molecule has 0 unspecified atom stereocenters. The highest BCUT2D eigenvalue weighted by Gasteiger charge is 2.22. The fourth-order valence-corrected chi connectivity index (χ4v) is 2.57. The van der Waals surface area contributed by atoms with E-state index in [9.17, 15) is 4.79 Å². The van der Waals surface area contributed by atoms with Crippen LogP contribution in [-0.4, -0.2) is 12.9 Å². The van der Waals surface area contributed by atoms with Crippen LogP contribution < -0.4 is 9.47 Å². The molecule has 2 aromatic carbocycles. The standard InChI is InChI=1S/C17H16O3/c1-19-16-7-3-2-5-12(16)11-20-17-8-4-6-13-14(17)9-10-15(13)18/h2-8H,9-11H2,1H3. The van der Waals surface area contributed by atoms with Gasteiger partial charge < -0.3 is 9.47 Å². The molecule has 0 atom stereocenters. The average Bonchev–Trinajstić information content (AvgIpc) is 2.88. The zero-order valence-corrected chi connectivity index (χ0v) is 11.4. The lowest BCUT2D eigenvalue weighted by Crippen LogP contribution is -2.01. The maximum absolute atomic E-state index is 11.7. The van der Waals surface area contributed by atoms with Crippen LogP contribution in [0.15, 0.2) is 42.5 Å². The molecule has 2 aromatic rings. The third-order valence-corrected chi connectivity index (χ3v) is 3.61. The van der Waals surface area contributed by atoms with Crippen molar-refractivity contribution < 1.29 is 14.3 Å². The number of benzene rings is 2. The van der Waals surface area contributed by atoms with Crippen molar-refractivity contribution in [2.45, 2.75) is 19.4 Å². The first kappa shape index (κ1) is 12.7. The van der Waals surface area contributed by atoms with Crippen LogP contribution >= 0.6 is 0 Å². The summed E-state index contributed by atoms with van der Waals surface area (Å²) in [5.74, 6) is 1.83. The van der Waals surface area contributed by atoms with E-state index in [0.29, 0.717) is 13.0 Å². The normalized spacial score (nSPS) is 13.2. The van der Waals surface area contributed by atoms with Crippen LogP contribution in [0, 0.1) is 0 Å². The van der Waals surface area contributed by atoms with Crippen molar-refractivity contribution in [1.29, 1.82) is 0 Å². The molecule has 0 amide bonds. The highest BCUT2D eigenvalue weighted by molar-refractivity contribution is 6.01. The first-order valence-electron chi connectivity index (χ1n) is 6.69. The van der Waals surface area contributed by atoms with Crippen LogP contribution in [0.2, 0.25) is 0 Å². The first-order valence-corrected chi connectivity index (χ1v) is 6.69. The molecule has 3 heteroatoms. The molecule has 0 saturated carbocycles. The molecule has 0 saturated heterocycles. The largest absolute Gasteiger partial charge is 0.496 e. The van der Waals surface area contributed by atoms with Gasteiger partial charge in [-0.2, -0.15) is 0 Å². The van der Waals surface area contributed by atoms with E-state index in [1.165, 1.54) is 0 Å². The molecule has 3 nitrogen and oxygen atoms in total. The Hall–Kier alpha value is -2.29. The average molecular weight is 268 g/mol. The van der Waals surface area contributed by atoms with Gasteiger partial charge in [0.05, 0.1) is 7.11 Å². The number of ether oxygens (including phenoxy) is 2. The summed E-state index contributed by atoms with van der Waals surface area (Å²) >= 11 is 0. The van der Waals surface area contributed by atoms with Crippen molar-refractivity contribution >= 4 is 5.78 Å². The topological polar surface area (TPSA) is 35.5 Å². The van der Waals surface area contributed by atoms with Gasteiger partial charge in [-0.05, 0) is 18.6 Å². The number of ketones is 1. The van der Waals surface area contributed by atoms with Gasteiger partial charge in [-0.15, -0.1) is 0 Å². The summed E-state index contributed by atoms with van der Waals surface area (Å²) in [6, 6.07) is 13.5. The number of hydrogen-bond acceptors (Lipinski definition) is 3. The molecular formula is C17H16O3. The van der Waals surface area contributed by atoms with E-state index in [1.54, 1.807) is 7.11 Å². The molecular weight excluding hydrogens is 252 g/mol. The number of carbonyl (C=O) groups is 1. The number of para-hydroxylation sites is 1. The second kappa shape index (κ2) is 5.37. The van der Waals surface area contributed by atoms with E-state index in [1.807, 2.05) is 42.5 Å². The van der Waals surface area contributed by atoms with E-state index < -0.39 is 0 Å². The summed E-state index contributed by atoms with van der Waals surface area (Å²) in [5.41, 5.74) is 2.84. The lowest BCUT2D eigenvalue weighted by atomic mass is 10.1. The highest BCUT2D eigenvalue weighted by atomic mass is 16.5. The number of fused-ring (bicyclic) bond motifs is 1. The van der Waals surface area contributed by atoms with E-state index in [0.717, 1.165) is 34.6 Å². The Morgan fingerprint density at radius 1 is 1.00 bits per heavy atom. The summed E-state index contributed by atoms with van der Waals surface area (Å²) in [6.45, 7) is 0.439. The molecule has 0 aromatic heterocycles. The Balaban J connectivity index is 1.81. The third-order valence-electron chi connectivity index (χ3n) is 3.61. The van der Waals surface area contributed by atoms with Crippen LogP contribution in [0.4, 0.5) is 0 Å². The number of hydrogen-bond donors (Lipinski definition) is 0. The van der Waals surface area contributed by atoms with Crippen LogP contribution in [-0.2, 0) is 13.0 Å². The van der Waals surface area contributed by atoms with Crippen LogP contribution in [0.3, 0.4) is 0 Å². The van der Waals surface area contributed by atoms with Crippen molar-refractivity contribution in [1.82, 2.24) is 0 Å². The van der Waals surface area contributed by atoms with Crippen molar-refractivity contribution in [3.05, 3.63) is 59.2 Å². The minimum absolute atomic E-state index is 0.211. The van der Waals surface area contributed by atoms with Gasteiger partial charge in [-0.25, -0.2) is 0 Å². The predicted octanol–water partition coefficient (Wildman–Crippen LogP) is 3.40. The summed E-state index contributed by atoms with van der Waals surface area (Å²) in [7, 11) is 1.65. The van der Waals surface area contributed by atoms with Gasteiger partial charge >= 0.3 is 0 Å². The minimum Gasteiger partial charge on any atom is -0.496 e. The first-order chi connectivity index (χ1) is 9.79. The summed E-state index contributed by atoms with van der Waals surface area (Å²) in [5, 5.41) is 0. The zero-order chi connectivity index (χ0) is 13.9. The van der Waals surface area contributed by atoms with E-state index in [-0.39, 0.29) is 5.78 Å². The molecule has 0 aliphatic heterocycles. The zero-order valence-electron chi connectivity index (χ0n) is 11.4. The Labute approximate surface area is 118 Å². The van der Waals surface area contributed by atoms with E-state index in [2.05, 4.69) is 0 Å². The fraction of sp³-hybridized carbons (Fsp3) is 0.235. The number of carbonyl (C=O) groups excluding carboxylic acids is 1. The fourth-order valence-electron chi connectivity index (χ4n) is 2.57. The van der Waals surface area contributed by atoms with Crippen LogP contribution in [0.5, 0.6) is 11.5 Å². The smallest absolute Gasteiger partial charge is 0.163 e. The molecule has 0 spiro atoms. The van der Waals surface area contributed by atoms with Crippen LogP contribution in [0.25, 0.3) is 0 Å². The van der Waals surface area contributed by atoms with Gasteiger partial charge in [0, 0.05) is 23.1 Å². The molecule has 0 radical (unpaired) electrons. The molecule has 0 fully saturated rings. The van der Waals surface area contributed by atoms with E-state index >= 15 is 0 Å². The van der Waals surface area contributed by atoms with Gasteiger partial charge in [0.15, 0.2) is 5.78 Å². The molecule has 3 rings (SSSR count). The molecule has 102 valence electrons. The summed E-state index contributed by atoms with van der Waals surface area (Å²) < 4.78 is 11.2. The minimum atomic E-state index is 0.211. The van der Waals surface area contributed by atoms with Gasteiger partial charge in [0.25, 0.3) is 0 Å².